The molecular formula is C38H17Cl4N3O2. The van der Waals surface area contributed by atoms with Crippen LogP contribution in [0, 0.1) is 6.92 Å². The molecule has 0 saturated heterocycles. The Morgan fingerprint density at radius 2 is 1.11 bits per heavy atom. The predicted molar refractivity (Wildman–Crippen MR) is 197 cm³/mol. The number of aromatic nitrogens is 3. The molecule has 0 fully saturated rings. The molecule has 0 aliphatic heterocycles. The fourth-order valence-corrected chi connectivity index (χ4v) is 9.02. The maximum atomic E-state index is 14.3. The van der Waals surface area contributed by atoms with E-state index in [2.05, 4.69) is 6.58 Å². The van der Waals surface area contributed by atoms with Gasteiger partial charge < -0.3 is 0 Å². The Labute approximate surface area is 284 Å². The zero-order chi connectivity index (χ0) is 32.2. The third kappa shape index (κ3) is 3.20. The van der Waals surface area contributed by atoms with E-state index in [1.807, 2.05) is 67.6 Å². The number of pyridine rings is 2. The van der Waals surface area contributed by atoms with E-state index in [4.69, 9.17) is 51.4 Å². The molecule has 47 heavy (non-hydrogen) atoms. The summed E-state index contributed by atoms with van der Waals surface area (Å²) in [5.74, 6) is 0. The lowest BCUT2D eigenvalue weighted by Crippen LogP contribution is -2.32. The molecule has 0 N–H and O–H groups in total. The van der Waals surface area contributed by atoms with Crippen molar-refractivity contribution in [2.75, 3.05) is 0 Å². The Morgan fingerprint density at radius 1 is 0.596 bits per heavy atom. The van der Waals surface area contributed by atoms with Crippen LogP contribution in [0.5, 0.6) is 0 Å². The minimum atomic E-state index is -0.253. The number of rotatable bonds is 1. The number of fused-ring (bicyclic) bond motifs is 6. The average Bonchev–Trinajstić information content (AvgIpc) is 3.45. The molecule has 0 saturated carbocycles. The van der Waals surface area contributed by atoms with Gasteiger partial charge in [0.1, 0.15) is 5.65 Å². The summed E-state index contributed by atoms with van der Waals surface area (Å²) in [6.07, 6.45) is 0. The zero-order valence-corrected chi connectivity index (χ0v) is 27.3. The van der Waals surface area contributed by atoms with Crippen molar-refractivity contribution in [3.05, 3.63) is 125 Å². The molecule has 0 amide bonds. The first-order valence-corrected chi connectivity index (χ1v) is 16.3. The molecule has 10 rings (SSSR count). The van der Waals surface area contributed by atoms with Gasteiger partial charge in [0.2, 0.25) is 0 Å². The Bertz CT molecular complexity index is 3170. The van der Waals surface area contributed by atoms with Gasteiger partial charge in [0, 0.05) is 79.3 Å². The van der Waals surface area contributed by atoms with E-state index in [0.29, 0.717) is 107 Å². The van der Waals surface area contributed by atoms with Crippen molar-refractivity contribution >= 4 is 134 Å². The van der Waals surface area contributed by atoms with Crippen LogP contribution in [0.25, 0.3) is 93.6 Å². The van der Waals surface area contributed by atoms with Gasteiger partial charge in [-0.2, -0.15) is 0 Å². The lowest BCUT2D eigenvalue weighted by molar-refractivity contribution is 0.968. The van der Waals surface area contributed by atoms with Crippen LogP contribution in [-0.2, 0) is 0 Å². The van der Waals surface area contributed by atoms with Crippen molar-refractivity contribution in [3.63, 3.8) is 0 Å². The standard InChI is InChI=1S/C38H17Cl4N3O2/c1-15-7-3-5-9-26(15)44-16(2)17-11-21(39)30-31-22(40)12-18-29-20(38(47)45-27-10-6-4-8-25(27)43-36(18)45)14-24(42)33(35(29)31)32-23(41)13-19(37(44)46)28(17)34(30)32/h3-14H,2H2,1H3. The molecular weight excluding hydrogens is 672 g/mol. The van der Waals surface area contributed by atoms with Gasteiger partial charge in [-0.25, -0.2) is 4.98 Å². The van der Waals surface area contributed by atoms with Crippen LogP contribution in [0.15, 0.2) is 82.4 Å². The van der Waals surface area contributed by atoms with E-state index in [1.165, 1.54) is 0 Å². The Kier molecular flexibility index (Phi) is 5.28. The summed E-state index contributed by atoms with van der Waals surface area (Å²) < 4.78 is 3.22. The van der Waals surface area contributed by atoms with Gasteiger partial charge in [-0.15, -0.1) is 0 Å². The first kappa shape index (κ1) is 27.5. The molecule has 0 aliphatic carbocycles. The number of para-hydroxylation sites is 3. The average molecular weight is 689 g/mol. The Hall–Kier alpha value is -4.65. The predicted octanol–water partition coefficient (Wildman–Crippen LogP) is 9.84. The summed E-state index contributed by atoms with van der Waals surface area (Å²) in [6, 6.07) is 22.2. The SMILES string of the molecule is C=c1c2cc(Cl)c3c4c(Cl)cc5c6c(cc(Cl)c(c7c(Cl)cc(c(=O)n1-c1ccccc1C)c2c73)c46)c(=O)n1c2ccccc2nc51. The van der Waals surface area contributed by atoms with E-state index < -0.39 is 0 Å². The van der Waals surface area contributed by atoms with Gasteiger partial charge in [-0.1, -0.05) is 83.3 Å². The van der Waals surface area contributed by atoms with Crippen molar-refractivity contribution in [2.45, 2.75) is 6.92 Å². The molecule has 0 radical (unpaired) electrons. The minimum absolute atomic E-state index is 0.241. The van der Waals surface area contributed by atoms with Crippen LogP contribution in [0.3, 0.4) is 0 Å². The van der Waals surface area contributed by atoms with E-state index >= 15 is 0 Å². The smallest absolute Gasteiger partial charge is 0.264 e. The van der Waals surface area contributed by atoms with Crippen LogP contribution in [0.2, 0.25) is 20.1 Å². The molecule has 10 aromatic rings. The molecule has 3 heterocycles. The first-order chi connectivity index (χ1) is 22.7. The molecule has 224 valence electrons. The maximum Gasteiger partial charge on any atom is 0.264 e. The highest BCUT2D eigenvalue weighted by atomic mass is 35.5. The van der Waals surface area contributed by atoms with Gasteiger partial charge in [-0.05, 0) is 55.0 Å². The monoisotopic (exact) mass is 687 g/mol. The number of nitrogens with zero attached hydrogens (tertiary/aromatic N) is 3. The van der Waals surface area contributed by atoms with Gasteiger partial charge in [0.25, 0.3) is 11.1 Å². The Balaban J connectivity index is 1.52. The van der Waals surface area contributed by atoms with E-state index in [1.54, 1.807) is 21.1 Å². The van der Waals surface area contributed by atoms with Crippen LogP contribution in [0.4, 0.5) is 0 Å². The van der Waals surface area contributed by atoms with E-state index in [0.717, 1.165) is 11.3 Å². The molecule has 5 nitrogen and oxygen atoms in total. The highest BCUT2D eigenvalue weighted by Crippen LogP contribution is 2.52. The lowest BCUT2D eigenvalue weighted by Gasteiger charge is -2.22. The molecule has 0 spiro atoms. The second kappa shape index (κ2) is 9.03. The number of aryl methyl sites for hydroxylation is 1. The molecule has 7 aromatic carbocycles. The molecule has 0 unspecified atom stereocenters. The summed E-state index contributed by atoms with van der Waals surface area (Å²) in [5.41, 5.74) is 3.03. The summed E-state index contributed by atoms with van der Waals surface area (Å²) in [4.78, 5) is 33.4. The highest BCUT2D eigenvalue weighted by Gasteiger charge is 2.28. The number of imidazole rings is 1. The first-order valence-electron chi connectivity index (χ1n) is 14.8. The second-order valence-corrected chi connectivity index (χ2v) is 13.7. The van der Waals surface area contributed by atoms with Crippen molar-refractivity contribution < 1.29 is 0 Å². The lowest BCUT2D eigenvalue weighted by atomic mass is 9.85. The summed E-state index contributed by atoms with van der Waals surface area (Å²) >= 11 is 28.8. The van der Waals surface area contributed by atoms with Gasteiger partial charge >= 0.3 is 0 Å². The molecule has 0 atom stereocenters. The molecule has 9 heteroatoms. The van der Waals surface area contributed by atoms with Gasteiger partial charge in [0.15, 0.2) is 0 Å². The molecule has 0 bridgehead atoms. The summed E-state index contributed by atoms with van der Waals surface area (Å²) in [6.45, 7) is 6.33. The summed E-state index contributed by atoms with van der Waals surface area (Å²) in [7, 11) is 0. The van der Waals surface area contributed by atoms with E-state index in [-0.39, 0.29) is 11.1 Å². The maximum absolute atomic E-state index is 14.3. The second-order valence-electron chi connectivity index (χ2n) is 12.1. The van der Waals surface area contributed by atoms with Gasteiger partial charge in [-0.3, -0.25) is 18.6 Å². The van der Waals surface area contributed by atoms with E-state index in [9.17, 15) is 9.59 Å². The third-order valence-electron chi connectivity index (χ3n) is 9.72. The Morgan fingerprint density at radius 3 is 1.74 bits per heavy atom. The fourth-order valence-electron chi connectivity index (χ4n) is 7.82. The summed E-state index contributed by atoms with van der Waals surface area (Å²) in [5, 5.41) is 9.39. The van der Waals surface area contributed by atoms with Crippen LogP contribution >= 0.6 is 46.4 Å². The fraction of sp³-hybridized carbons (Fsp3) is 0.0263. The highest BCUT2D eigenvalue weighted by molar-refractivity contribution is 6.56. The molecule has 0 aliphatic rings. The van der Waals surface area contributed by atoms with Crippen LogP contribution in [0.1, 0.15) is 5.56 Å². The van der Waals surface area contributed by atoms with Crippen molar-refractivity contribution in [1.82, 2.24) is 14.0 Å². The zero-order valence-electron chi connectivity index (χ0n) is 24.3. The van der Waals surface area contributed by atoms with Crippen molar-refractivity contribution in [1.29, 1.82) is 0 Å². The van der Waals surface area contributed by atoms with Crippen molar-refractivity contribution in [2.24, 2.45) is 0 Å². The number of halogens is 4. The normalized spacial score (nSPS) is 12.6. The van der Waals surface area contributed by atoms with Crippen LogP contribution < -0.4 is 16.5 Å². The van der Waals surface area contributed by atoms with Crippen molar-refractivity contribution in [3.8, 4) is 5.69 Å². The number of hydrogen-bond donors (Lipinski definition) is 0. The number of benzene rings is 7. The van der Waals surface area contributed by atoms with Crippen LogP contribution in [-0.4, -0.2) is 14.0 Å². The quantitative estimate of drug-likeness (QED) is 0.127. The van der Waals surface area contributed by atoms with Gasteiger partial charge in [0.05, 0.1) is 27.5 Å². The topological polar surface area (TPSA) is 56.4 Å². The third-order valence-corrected chi connectivity index (χ3v) is 10.9. The molecule has 3 aromatic heterocycles. The number of hydrogen-bond acceptors (Lipinski definition) is 3. The largest absolute Gasteiger partial charge is 0.277 e. The minimum Gasteiger partial charge on any atom is -0.277 e.